The van der Waals surface area contributed by atoms with E-state index in [1.165, 1.54) is 12.1 Å². The van der Waals surface area contributed by atoms with Crippen LogP contribution in [-0.4, -0.2) is 24.3 Å². The maximum Gasteiger partial charge on any atom is 0.338 e. The molecule has 0 aliphatic rings. The number of carbonyl (C=O) groups is 3. The van der Waals surface area contributed by atoms with Crippen molar-refractivity contribution < 1.29 is 19.1 Å². The van der Waals surface area contributed by atoms with E-state index < -0.39 is 5.97 Å². The molecule has 0 fully saturated rings. The van der Waals surface area contributed by atoms with Gasteiger partial charge in [-0.3, -0.25) is 9.59 Å². The summed E-state index contributed by atoms with van der Waals surface area (Å²) < 4.78 is 5.06. The second-order valence-corrected chi connectivity index (χ2v) is 7.13. The van der Waals surface area contributed by atoms with Crippen LogP contribution in [0.15, 0.2) is 72.1 Å². The van der Waals surface area contributed by atoms with Crippen LogP contribution in [0.25, 0.3) is 0 Å². The van der Waals surface area contributed by atoms with Gasteiger partial charge in [-0.25, -0.2) is 4.79 Å². The van der Waals surface area contributed by atoms with Gasteiger partial charge in [-0.05, 0) is 30.5 Å². The summed E-state index contributed by atoms with van der Waals surface area (Å²) in [6.45, 7) is 1.51. The molecule has 0 bridgehead atoms. The Hall–Kier alpha value is -3.25. The molecule has 1 aromatic heterocycles. The molecule has 0 saturated carbocycles. The third kappa shape index (κ3) is 4.92. The summed E-state index contributed by atoms with van der Waals surface area (Å²) in [6, 6.07) is 18.8. The van der Waals surface area contributed by atoms with Gasteiger partial charge in [0.15, 0.2) is 12.4 Å². The van der Waals surface area contributed by atoms with E-state index in [1.54, 1.807) is 47.7 Å². The zero-order valence-electron chi connectivity index (χ0n) is 15.3. The van der Waals surface area contributed by atoms with Gasteiger partial charge >= 0.3 is 5.97 Å². The first-order valence-electron chi connectivity index (χ1n) is 8.74. The molecule has 5 nitrogen and oxygen atoms in total. The Balaban J connectivity index is 1.53. The van der Waals surface area contributed by atoms with E-state index >= 15 is 0 Å². The average molecular weight is 393 g/mol. The molecule has 1 amide bonds. The molecule has 1 heterocycles. The first kappa shape index (κ1) is 19.5. The monoisotopic (exact) mass is 393 g/mol. The summed E-state index contributed by atoms with van der Waals surface area (Å²) in [4.78, 5) is 37.5. The second-order valence-electron chi connectivity index (χ2n) is 6.15. The molecule has 0 aliphatic heterocycles. The van der Waals surface area contributed by atoms with E-state index in [4.69, 9.17) is 4.74 Å². The number of nitrogens with one attached hydrogen (secondary N) is 1. The number of rotatable bonds is 7. The van der Waals surface area contributed by atoms with Gasteiger partial charge in [-0.1, -0.05) is 48.5 Å². The van der Waals surface area contributed by atoms with Gasteiger partial charge in [0.1, 0.15) is 0 Å². The molecule has 2 aromatic carbocycles. The van der Waals surface area contributed by atoms with Crippen LogP contribution >= 0.6 is 11.3 Å². The Labute approximate surface area is 167 Å². The molecule has 1 N–H and O–H groups in total. The number of thiophene rings is 1. The maximum atomic E-state index is 12.4. The van der Waals surface area contributed by atoms with Crippen molar-refractivity contribution in [3.05, 3.63) is 93.7 Å². The molecule has 3 aromatic rings. The molecule has 0 spiro atoms. The van der Waals surface area contributed by atoms with E-state index in [9.17, 15) is 14.4 Å². The number of ether oxygens (including phenoxy) is 1. The van der Waals surface area contributed by atoms with Crippen LogP contribution in [0.3, 0.4) is 0 Å². The lowest BCUT2D eigenvalue weighted by Crippen LogP contribution is -2.30. The van der Waals surface area contributed by atoms with Crippen LogP contribution < -0.4 is 5.32 Å². The van der Waals surface area contributed by atoms with Gasteiger partial charge < -0.3 is 10.1 Å². The van der Waals surface area contributed by atoms with E-state index in [-0.39, 0.29) is 29.9 Å². The summed E-state index contributed by atoms with van der Waals surface area (Å²) in [5.41, 5.74) is 1.34. The summed E-state index contributed by atoms with van der Waals surface area (Å²) in [7, 11) is 0. The Morgan fingerprint density at radius 3 is 2.18 bits per heavy atom. The highest BCUT2D eigenvalue weighted by Crippen LogP contribution is 2.18. The zero-order chi connectivity index (χ0) is 19.9. The van der Waals surface area contributed by atoms with E-state index in [2.05, 4.69) is 5.32 Å². The smallest absolute Gasteiger partial charge is 0.338 e. The Morgan fingerprint density at radius 1 is 0.893 bits per heavy atom. The van der Waals surface area contributed by atoms with Crippen LogP contribution in [-0.2, 0) is 9.53 Å². The molecule has 28 heavy (non-hydrogen) atoms. The SMILES string of the molecule is C[C@H](NC(=O)COC(=O)c1ccc(C(=O)c2ccccc2)cc1)c1cccs1. The Bertz CT molecular complexity index is 950. The fraction of sp³-hybridized carbons (Fsp3) is 0.136. The predicted molar refractivity (Wildman–Crippen MR) is 107 cm³/mol. The number of benzene rings is 2. The lowest BCUT2D eigenvalue weighted by Gasteiger charge is -2.12. The number of hydrogen-bond donors (Lipinski definition) is 1. The molecule has 142 valence electrons. The van der Waals surface area contributed by atoms with Gasteiger partial charge in [0.05, 0.1) is 11.6 Å². The van der Waals surface area contributed by atoms with Crippen molar-refractivity contribution in [2.45, 2.75) is 13.0 Å². The predicted octanol–water partition coefficient (Wildman–Crippen LogP) is 4.01. The number of amides is 1. The largest absolute Gasteiger partial charge is 0.452 e. The molecule has 0 radical (unpaired) electrons. The summed E-state index contributed by atoms with van der Waals surface area (Å²) in [5, 5.41) is 4.72. The molecule has 1 atom stereocenters. The van der Waals surface area contributed by atoms with Gasteiger partial charge in [-0.15, -0.1) is 11.3 Å². The van der Waals surface area contributed by atoms with Crippen LogP contribution in [0.4, 0.5) is 0 Å². The van der Waals surface area contributed by atoms with Crippen LogP contribution in [0.1, 0.15) is 44.1 Å². The van der Waals surface area contributed by atoms with Crippen LogP contribution in [0.2, 0.25) is 0 Å². The second kappa shape index (κ2) is 9.10. The van der Waals surface area contributed by atoms with E-state index in [0.717, 1.165) is 4.88 Å². The molecule has 0 unspecified atom stereocenters. The normalized spacial score (nSPS) is 11.5. The van der Waals surface area contributed by atoms with Crippen molar-refractivity contribution in [3.8, 4) is 0 Å². The molecule has 3 rings (SSSR count). The minimum absolute atomic E-state index is 0.123. The topological polar surface area (TPSA) is 72.5 Å². The van der Waals surface area contributed by atoms with Gasteiger partial charge in [0, 0.05) is 16.0 Å². The van der Waals surface area contributed by atoms with Crippen molar-refractivity contribution in [2.24, 2.45) is 0 Å². The van der Waals surface area contributed by atoms with E-state index in [0.29, 0.717) is 11.1 Å². The lowest BCUT2D eigenvalue weighted by atomic mass is 10.0. The fourth-order valence-electron chi connectivity index (χ4n) is 2.62. The van der Waals surface area contributed by atoms with Crippen LogP contribution in [0, 0.1) is 0 Å². The fourth-order valence-corrected chi connectivity index (χ4v) is 3.35. The minimum Gasteiger partial charge on any atom is -0.452 e. The molecule has 0 saturated heterocycles. The Morgan fingerprint density at radius 2 is 1.54 bits per heavy atom. The van der Waals surface area contributed by atoms with Crippen molar-refractivity contribution in [3.63, 3.8) is 0 Å². The standard InChI is InChI=1S/C22H19NO4S/c1-15(19-8-5-13-28-19)23-20(24)14-27-22(26)18-11-9-17(10-12-18)21(25)16-6-3-2-4-7-16/h2-13,15H,14H2,1H3,(H,23,24)/t15-/m0/s1. The van der Waals surface area contributed by atoms with E-state index in [1.807, 2.05) is 30.5 Å². The highest BCUT2D eigenvalue weighted by Gasteiger charge is 2.15. The summed E-state index contributed by atoms with van der Waals surface area (Å²) >= 11 is 1.55. The van der Waals surface area contributed by atoms with Crippen molar-refractivity contribution in [2.75, 3.05) is 6.61 Å². The zero-order valence-corrected chi connectivity index (χ0v) is 16.1. The number of hydrogen-bond acceptors (Lipinski definition) is 5. The van der Waals surface area contributed by atoms with Crippen molar-refractivity contribution >= 4 is 29.0 Å². The van der Waals surface area contributed by atoms with Gasteiger partial charge in [0.2, 0.25) is 0 Å². The summed E-state index contributed by atoms with van der Waals surface area (Å²) in [6.07, 6.45) is 0. The first-order valence-corrected chi connectivity index (χ1v) is 9.62. The number of carbonyl (C=O) groups excluding carboxylic acids is 3. The van der Waals surface area contributed by atoms with Crippen molar-refractivity contribution in [1.82, 2.24) is 5.32 Å². The average Bonchev–Trinajstić information content (AvgIpc) is 3.27. The molecular formula is C22H19NO4S. The first-order chi connectivity index (χ1) is 13.5. The molecular weight excluding hydrogens is 374 g/mol. The summed E-state index contributed by atoms with van der Waals surface area (Å²) in [5.74, 6) is -1.11. The number of esters is 1. The molecule has 0 aliphatic carbocycles. The molecule has 6 heteroatoms. The highest BCUT2D eigenvalue weighted by molar-refractivity contribution is 7.10. The van der Waals surface area contributed by atoms with Crippen LogP contribution in [0.5, 0.6) is 0 Å². The quantitative estimate of drug-likeness (QED) is 0.486. The Kier molecular flexibility index (Phi) is 6.34. The van der Waals surface area contributed by atoms with Gasteiger partial charge in [0.25, 0.3) is 5.91 Å². The lowest BCUT2D eigenvalue weighted by molar-refractivity contribution is -0.124. The van der Waals surface area contributed by atoms with Crippen molar-refractivity contribution in [1.29, 1.82) is 0 Å². The third-order valence-corrected chi connectivity index (χ3v) is 5.16. The minimum atomic E-state index is -0.613. The number of ketones is 1. The van der Waals surface area contributed by atoms with Gasteiger partial charge in [-0.2, -0.15) is 0 Å². The third-order valence-electron chi connectivity index (χ3n) is 4.10. The highest BCUT2D eigenvalue weighted by atomic mass is 32.1. The maximum absolute atomic E-state index is 12.4.